The Balaban J connectivity index is 2.30. The third kappa shape index (κ3) is 1.98. The number of aliphatic carboxylic acids is 1. The molecule has 16 heavy (non-hydrogen) atoms. The van der Waals surface area contributed by atoms with E-state index in [0.29, 0.717) is 11.7 Å². The van der Waals surface area contributed by atoms with Crippen molar-refractivity contribution >= 4 is 5.97 Å². The Hall–Kier alpha value is -1.65. The second-order valence-electron chi connectivity index (χ2n) is 3.95. The van der Waals surface area contributed by atoms with Crippen molar-refractivity contribution in [2.75, 3.05) is 0 Å². The Kier molecular flexibility index (Phi) is 2.77. The first-order valence-corrected chi connectivity index (χ1v) is 5.34. The van der Waals surface area contributed by atoms with Crippen LogP contribution in [0.4, 0.5) is 0 Å². The number of fused-ring (bicyclic) bond motifs is 1. The highest BCUT2D eigenvalue weighted by molar-refractivity contribution is 5.72. The molecule has 1 atom stereocenters. The zero-order chi connectivity index (χ0) is 11.7. The number of ether oxygens (including phenoxy) is 1. The first kappa shape index (κ1) is 10.9. The van der Waals surface area contributed by atoms with Crippen molar-refractivity contribution in [1.82, 2.24) is 9.97 Å². The lowest BCUT2D eigenvalue weighted by molar-refractivity contribution is -0.144. The van der Waals surface area contributed by atoms with Crippen LogP contribution in [-0.2, 0) is 17.6 Å². The first-order valence-electron chi connectivity index (χ1n) is 5.34. The first-order chi connectivity index (χ1) is 7.58. The van der Waals surface area contributed by atoms with E-state index < -0.39 is 12.1 Å². The lowest BCUT2D eigenvalue weighted by Gasteiger charge is -2.13. The van der Waals surface area contributed by atoms with E-state index in [-0.39, 0.29) is 0 Å². The number of carboxylic acid groups (broad SMARTS) is 1. The van der Waals surface area contributed by atoms with Gasteiger partial charge in [0, 0.05) is 5.56 Å². The average Bonchev–Trinajstić information content (AvgIpc) is 2.65. The molecule has 0 spiro atoms. The van der Waals surface area contributed by atoms with Crippen LogP contribution in [0.1, 0.15) is 30.4 Å². The largest absolute Gasteiger partial charge is 0.479 e. The molecule has 0 aliphatic heterocycles. The number of carbonyl (C=O) groups is 1. The van der Waals surface area contributed by atoms with Crippen LogP contribution in [0.15, 0.2) is 0 Å². The molecule has 1 N–H and O–H groups in total. The number of aromatic nitrogens is 2. The fourth-order valence-electron chi connectivity index (χ4n) is 1.83. The summed E-state index contributed by atoms with van der Waals surface area (Å²) in [6.45, 7) is 3.29. The summed E-state index contributed by atoms with van der Waals surface area (Å²) in [5.41, 5.74) is 1.97. The number of rotatable bonds is 3. The predicted octanol–water partition coefficient (Wildman–Crippen LogP) is 1.13. The predicted molar refractivity (Wildman–Crippen MR) is 56.5 cm³/mol. The van der Waals surface area contributed by atoms with E-state index in [1.165, 1.54) is 6.92 Å². The molecule has 0 aromatic carbocycles. The van der Waals surface area contributed by atoms with Gasteiger partial charge in [-0.05, 0) is 33.1 Å². The molecular formula is C11H14N2O3. The van der Waals surface area contributed by atoms with Gasteiger partial charge >= 0.3 is 5.97 Å². The highest BCUT2D eigenvalue weighted by atomic mass is 16.5. The van der Waals surface area contributed by atoms with Crippen molar-refractivity contribution in [2.45, 2.75) is 39.2 Å². The molecule has 86 valence electrons. The fourth-order valence-corrected chi connectivity index (χ4v) is 1.83. The standard InChI is InChI=1S/C11H14N2O3/c1-6(11(14)15)16-10-8-4-3-5-9(8)12-7(2)13-10/h6H,3-5H2,1-2H3,(H,14,15). The van der Waals surface area contributed by atoms with Crippen molar-refractivity contribution in [1.29, 1.82) is 0 Å². The zero-order valence-corrected chi connectivity index (χ0v) is 9.36. The Labute approximate surface area is 93.5 Å². The summed E-state index contributed by atoms with van der Waals surface area (Å²) in [5, 5.41) is 8.79. The van der Waals surface area contributed by atoms with Gasteiger partial charge in [0.25, 0.3) is 0 Å². The van der Waals surface area contributed by atoms with Gasteiger partial charge in [-0.2, -0.15) is 4.98 Å². The number of nitrogens with zero attached hydrogens (tertiary/aromatic N) is 2. The second kappa shape index (κ2) is 4.08. The highest BCUT2D eigenvalue weighted by Gasteiger charge is 2.22. The molecular weight excluding hydrogens is 208 g/mol. The molecule has 5 nitrogen and oxygen atoms in total. The number of aryl methyl sites for hydroxylation is 2. The van der Waals surface area contributed by atoms with E-state index in [2.05, 4.69) is 9.97 Å². The smallest absolute Gasteiger partial charge is 0.344 e. The van der Waals surface area contributed by atoms with Crippen LogP contribution >= 0.6 is 0 Å². The number of hydrogen-bond acceptors (Lipinski definition) is 4. The summed E-state index contributed by atoms with van der Waals surface area (Å²) < 4.78 is 5.35. The third-order valence-electron chi connectivity index (χ3n) is 2.64. The number of carboxylic acids is 1. The van der Waals surface area contributed by atoms with Crippen LogP contribution in [0.3, 0.4) is 0 Å². The lowest BCUT2D eigenvalue weighted by atomic mass is 10.2. The molecule has 5 heteroatoms. The quantitative estimate of drug-likeness (QED) is 0.829. The van der Waals surface area contributed by atoms with E-state index in [1.54, 1.807) is 6.92 Å². The van der Waals surface area contributed by atoms with Crippen molar-refractivity contribution in [3.63, 3.8) is 0 Å². The molecule has 0 amide bonds. The molecule has 0 saturated carbocycles. The molecule has 1 unspecified atom stereocenters. The van der Waals surface area contributed by atoms with Crippen LogP contribution in [0.5, 0.6) is 5.88 Å². The van der Waals surface area contributed by atoms with Crippen molar-refractivity contribution in [3.8, 4) is 5.88 Å². The van der Waals surface area contributed by atoms with Gasteiger partial charge in [0.05, 0.1) is 5.69 Å². The summed E-state index contributed by atoms with van der Waals surface area (Å²) in [6.07, 6.45) is 1.96. The summed E-state index contributed by atoms with van der Waals surface area (Å²) in [7, 11) is 0. The van der Waals surface area contributed by atoms with Gasteiger partial charge in [0.2, 0.25) is 5.88 Å². The molecule has 0 saturated heterocycles. The molecule has 0 fully saturated rings. The highest BCUT2D eigenvalue weighted by Crippen LogP contribution is 2.28. The van der Waals surface area contributed by atoms with Crippen LogP contribution in [0, 0.1) is 6.92 Å². The number of hydrogen-bond donors (Lipinski definition) is 1. The topological polar surface area (TPSA) is 72.3 Å². The second-order valence-corrected chi connectivity index (χ2v) is 3.95. The Morgan fingerprint density at radius 1 is 1.44 bits per heavy atom. The maximum absolute atomic E-state index is 10.7. The van der Waals surface area contributed by atoms with Crippen LogP contribution in [-0.4, -0.2) is 27.1 Å². The summed E-state index contributed by atoms with van der Waals surface area (Å²) in [5.74, 6) is 0.0890. The molecule has 1 heterocycles. The monoisotopic (exact) mass is 222 g/mol. The minimum Gasteiger partial charge on any atom is -0.479 e. The summed E-state index contributed by atoms with van der Waals surface area (Å²) >= 11 is 0. The van der Waals surface area contributed by atoms with E-state index in [1.807, 2.05) is 0 Å². The van der Waals surface area contributed by atoms with E-state index >= 15 is 0 Å². The minimum atomic E-state index is -0.983. The zero-order valence-electron chi connectivity index (χ0n) is 9.36. The Morgan fingerprint density at radius 2 is 2.19 bits per heavy atom. The van der Waals surface area contributed by atoms with Crippen molar-refractivity contribution < 1.29 is 14.6 Å². The molecule has 2 rings (SSSR count). The minimum absolute atomic E-state index is 0.440. The molecule has 1 aliphatic rings. The van der Waals surface area contributed by atoms with Gasteiger partial charge in [-0.15, -0.1) is 0 Å². The maximum atomic E-state index is 10.7. The summed E-state index contributed by atoms with van der Waals surface area (Å²) in [6, 6.07) is 0. The summed E-state index contributed by atoms with van der Waals surface area (Å²) in [4.78, 5) is 19.2. The molecule has 1 aromatic rings. The average molecular weight is 222 g/mol. The van der Waals surface area contributed by atoms with E-state index in [4.69, 9.17) is 9.84 Å². The van der Waals surface area contributed by atoms with Gasteiger partial charge in [0.15, 0.2) is 6.10 Å². The molecule has 0 bridgehead atoms. The SMILES string of the molecule is Cc1nc2c(c(OC(C)C(=O)O)n1)CCC2. The Morgan fingerprint density at radius 3 is 2.88 bits per heavy atom. The van der Waals surface area contributed by atoms with Crippen LogP contribution in [0.2, 0.25) is 0 Å². The van der Waals surface area contributed by atoms with E-state index in [9.17, 15) is 4.79 Å². The van der Waals surface area contributed by atoms with Crippen molar-refractivity contribution in [2.24, 2.45) is 0 Å². The fraction of sp³-hybridized carbons (Fsp3) is 0.545. The normalized spacial score (nSPS) is 15.6. The lowest BCUT2D eigenvalue weighted by Crippen LogP contribution is -2.24. The molecule has 0 radical (unpaired) electrons. The van der Waals surface area contributed by atoms with Crippen LogP contribution in [0.25, 0.3) is 0 Å². The van der Waals surface area contributed by atoms with Gasteiger partial charge < -0.3 is 9.84 Å². The molecule has 1 aromatic heterocycles. The molecule has 1 aliphatic carbocycles. The van der Waals surface area contributed by atoms with Crippen LogP contribution < -0.4 is 4.74 Å². The Bertz CT molecular complexity index is 431. The van der Waals surface area contributed by atoms with Gasteiger partial charge in [0.1, 0.15) is 5.82 Å². The van der Waals surface area contributed by atoms with E-state index in [0.717, 1.165) is 30.5 Å². The van der Waals surface area contributed by atoms with Gasteiger partial charge in [-0.1, -0.05) is 0 Å². The third-order valence-corrected chi connectivity index (χ3v) is 2.64. The maximum Gasteiger partial charge on any atom is 0.344 e. The van der Waals surface area contributed by atoms with Gasteiger partial charge in [-0.3, -0.25) is 0 Å². The van der Waals surface area contributed by atoms with Crippen molar-refractivity contribution in [3.05, 3.63) is 17.1 Å². The van der Waals surface area contributed by atoms with Gasteiger partial charge in [-0.25, -0.2) is 9.78 Å².